The lowest BCUT2D eigenvalue weighted by Gasteiger charge is -2.13. The number of anilines is 1. The summed E-state index contributed by atoms with van der Waals surface area (Å²) in [6, 6.07) is 11.3. The minimum absolute atomic E-state index is 0.117. The number of nitrogens with zero attached hydrogens (tertiary/aromatic N) is 2. The maximum absolute atomic E-state index is 13.0. The third-order valence-corrected chi connectivity index (χ3v) is 6.18. The van der Waals surface area contributed by atoms with Gasteiger partial charge in [0.15, 0.2) is 0 Å². The molecule has 1 amide bonds. The van der Waals surface area contributed by atoms with Gasteiger partial charge in [-0.15, -0.1) is 0 Å². The van der Waals surface area contributed by atoms with Crippen molar-refractivity contribution in [3.05, 3.63) is 72.2 Å². The number of amides is 1. The fraction of sp³-hybridized carbons (Fsp3) is 0.182. The molecule has 0 spiro atoms. The van der Waals surface area contributed by atoms with Crippen molar-refractivity contribution >= 4 is 32.2 Å². The predicted molar refractivity (Wildman–Crippen MR) is 115 cm³/mol. The van der Waals surface area contributed by atoms with Crippen LogP contribution in [0.5, 0.6) is 0 Å². The molecule has 0 aliphatic heterocycles. The number of carbonyl (C=O) groups is 1. The van der Waals surface area contributed by atoms with Crippen LogP contribution in [0.4, 0.5) is 18.9 Å². The molecule has 0 saturated heterocycles. The van der Waals surface area contributed by atoms with Gasteiger partial charge in [0.05, 0.1) is 17.4 Å². The second-order valence-electron chi connectivity index (χ2n) is 7.29. The Bertz CT molecular complexity index is 1250. The van der Waals surface area contributed by atoms with E-state index in [1.165, 1.54) is 19.1 Å². The highest BCUT2D eigenvalue weighted by Crippen LogP contribution is 2.31. The summed E-state index contributed by atoms with van der Waals surface area (Å²) in [6.07, 6.45) is 1.01. The lowest BCUT2D eigenvalue weighted by Crippen LogP contribution is -2.15. The number of halogens is 3. The fourth-order valence-electron chi connectivity index (χ4n) is 3.39. The van der Waals surface area contributed by atoms with E-state index in [-0.39, 0.29) is 21.1 Å². The van der Waals surface area contributed by atoms with Crippen molar-refractivity contribution < 1.29 is 18.0 Å². The molecule has 0 unspecified atom stereocenters. The van der Waals surface area contributed by atoms with E-state index in [0.717, 1.165) is 28.1 Å². The monoisotopic (exact) mass is 440 g/mol. The number of aromatic amines is 1. The number of nitrogens with one attached hydrogen (secondary N) is 2. The molecule has 2 aromatic carbocycles. The van der Waals surface area contributed by atoms with Gasteiger partial charge >= 0.3 is 6.18 Å². The molecule has 0 fully saturated rings. The van der Waals surface area contributed by atoms with E-state index in [9.17, 15) is 18.0 Å². The number of aromatic nitrogens is 3. The van der Waals surface area contributed by atoms with Crippen molar-refractivity contribution in [3.63, 3.8) is 0 Å². The largest absolute Gasteiger partial charge is 0.416 e. The molecular formula is C22H19F3N4OSi. The molecule has 0 saturated carbocycles. The average molecular weight is 441 g/mol. The Morgan fingerprint density at radius 3 is 2.74 bits per heavy atom. The number of H-pyrrole nitrogens is 1. The quantitative estimate of drug-likeness (QED) is 0.417. The maximum atomic E-state index is 13.0. The highest BCUT2D eigenvalue weighted by Gasteiger charge is 2.30. The number of alkyl halides is 3. The predicted octanol–water partition coefficient (Wildman–Crippen LogP) is 5.24. The minimum atomic E-state index is -4.36. The normalized spacial score (nSPS) is 12.8. The summed E-state index contributed by atoms with van der Waals surface area (Å²) in [5.41, 5.74) is 3.30. The van der Waals surface area contributed by atoms with E-state index >= 15 is 0 Å². The van der Waals surface area contributed by atoms with Crippen LogP contribution in [0.15, 0.2) is 61.1 Å². The van der Waals surface area contributed by atoms with E-state index in [1.807, 2.05) is 31.3 Å². The van der Waals surface area contributed by atoms with Crippen LogP contribution in [-0.4, -0.2) is 30.0 Å². The highest BCUT2D eigenvalue weighted by molar-refractivity contribution is 6.35. The Morgan fingerprint density at radius 2 is 2.00 bits per heavy atom. The SMILES string of the molecule is CC(=O)Nc1c[nH]c2ccc(-c3cnn([Si][C@@H](C)c4cccc(C(F)(F)F)c4)c3)cc12. The molecule has 2 N–H and O–H groups in total. The van der Waals surface area contributed by atoms with Crippen LogP contribution in [0.1, 0.15) is 30.5 Å². The molecule has 158 valence electrons. The Morgan fingerprint density at radius 1 is 1.19 bits per heavy atom. The first-order valence-corrected chi connectivity index (χ1v) is 10.6. The molecule has 4 aromatic rings. The van der Waals surface area contributed by atoms with Gasteiger partial charge in [-0.2, -0.15) is 18.3 Å². The van der Waals surface area contributed by atoms with E-state index in [0.29, 0.717) is 11.3 Å². The molecule has 2 aromatic heterocycles. The fourth-order valence-corrected chi connectivity index (χ4v) is 4.46. The lowest BCUT2D eigenvalue weighted by atomic mass is 10.1. The average Bonchev–Trinajstić information content (AvgIpc) is 3.34. The van der Waals surface area contributed by atoms with Gasteiger partial charge in [-0.05, 0) is 34.9 Å². The molecule has 1 atom stereocenters. The van der Waals surface area contributed by atoms with Crippen LogP contribution in [0.25, 0.3) is 22.0 Å². The molecular weight excluding hydrogens is 421 g/mol. The number of carbonyl (C=O) groups excluding carboxylic acids is 1. The summed E-state index contributed by atoms with van der Waals surface area (Å²) in [5.74, 6) is -0.149. The van der Waals surface area contributed by atoms with Crippen LogP contribution in [0.2, 0.25) is 0 Å². The third-order valence-electron chi connectivity index (χ3n) is 4.95. The molecule has 31 heavy (non-hydrogen) atoms. The molecule has 9 heteroatoms. The van der Waals surface area contributed by atoms with Crippen molar-refractivity contribution in [2.24, 2.45) is 0 Å². The molecule has 5 nitrogen and oxygen atoms in total. The Hall–Kier alpha value is -3.33. The second kappa shape index (κ2) is 8.07. The summed E-state index contributed by atoms with van der Waals surface area (Å²) in [5, 5.41) is 8.09. The van der Waals surface area contributed by atoms with Gasteiger partial charge in [-0.1, -0.05) is 31.2 Å². The topological polar surface area (TPSA) is 62.7 Å². The maximum Gasteiger partial charge on any atom is 0.416 e. The zero-order chi connectivity index (χ0) is 22.2. The number of fused-ring (bicyclic) bond motifs is 1. The Kier molecular flexibility index (Phi) is 5.44. The first-order valence-electron chi connectivity index (χ1n) is 9.58. The zero-order valence-corrected chi connectivity index (χ0v) is 17.8. The van der Waals surface area contributed by atoms with Gasteiger partial charge < -0.3 is 14.6 Å². The Balaban J connectivity index is 1.55. The summed E-state index contributed by atoms with van der Waals surface area (Å²) in [4.78, 5) is 14.5. The molecule has 0 aliphatic carbocycles. The summed E-state index contributed by atoms with van der Waals surface area (Å²) in [7, 11) is 0.158. The first-order chi connectivity index (χ1) is 14.7. The van der Waals surface area contributed by atoms with Crippen molar-refractivity contribution in [3.8, 4) is 11.1 Å². The van der Waals surface area contributed by atoms with Gasteiger partial charge in [-0.25, -0.2) is 0 Å². The standard InChI is InChI=1S/C22H19F3N4OSi/c1-13(15-4-3-5-18(8-15)22(23,24)25)31-29-12-17(10-27-29)16-6-7-20-19(9-16)21(11-26-20)28-14(2)30/h3-13,26H,1-2H3,(H,28,30)/t13-/m0/s1. The van der Waals surface area contributed by atoms with Gasteiger partial charge in [0.2, 0.25) is 15.6 Å². The lowest BCUT2D eigenvalue weighted by molar-refractivity contribution is -0.137. The summed E-state index contributed by atoms with van der Waals surface area (Å²) >= 11 is 0. The number of benzene rings is 2. The van der Waals surface area contributed by atoms with Crippen LogP contribution in [-0.2, 0) is 11.0 Å². The van der Waals surface area contributed by atoms with Gasteiger partial charge in [-0.3, -0.25) is 4.79 Å². The number of hydrogen-bond acceptors (Lipinski definition) is 2. The molecule has 2 heterocycles. The van der Waals surface area contributed by atoms with Gasteiger partial charge in [0, 0.05) is 35.8 Å². The van der Waals surface area contributed by atoms with E-state index in [1.54, 1.807) is 22.8 Å². The summed E-state index contributed by atoms with van der Waals surface area (Å²) in [6.45, 7) is 3.35. The van der Waals surface area contributed by atoms with E-state index in [2.05, 4.69) is 15.4 Å². The van der Waals surface area contributed by atoms with Crippen molar-refractivity contribution in [2.75, 3.05) is 5.32 Å². The first kappa shape index (κ1) is 20.9. The van der Waals surface area contributed by atoms with Crippen LogP contribution in [0, 0.1) is 0 Å². The van der Waals surface area contributed by atoms with Crippen LogP contribution < -0.4 is 5.32 Å². The Labute approximate surface area is 179 Å². The molecule has 2 radical (unpaired) electrons. The van der Waals surface area contributed by atoms with Crippen molar-refractivity contribution in [1.29, 1.82) is 0 Å². The minimum Gasteiger partial charge on any atom is -0.359 e. The van der Waals surface area contributed by atoms with E-state index < -0.39 is 11.7 Å². The van der Waals surface area contributed by atoms with Crippen molar-refractivity contribution in [1.82, 2.24) is 14.4 Å². The van der Waals surface area contributed by atoms with Crippen LogP contribution >= 0.6 is 0 Å². The number of rotatable bonds is 5. The summed E-state index contributed by atoms with van der Waals surface area (Å²) < 4.78 is 40.7. The third kappa shape index (κ3) is 4.56. The zero-order valence-electron chi connectivity index (χ0n) is 16.8. The highest BCUT2D eigenvalue weighted by atomic mass is 28.2. The van der Waals surface area contributed by atoms with Crippen LogP contribution in [0.3, 0.4) is 0 Å². The van der Waals surface area contributed by atoms with E-state index in [4.69, 9.17) is 0 Å². The van der Waals surface area contributed by atoms with Crippen molar-refractivity contribution in [2.45, 2.75) is 25.6 Å². The second-order valence-corrected chi connectivity index (χ2v) is 8.87. The molecule has 0 aliphatic rings. The number of hydrogen-bond donors (Lipinski definition) is 2. The molecule has 4 rings (SSSR count). The smallest absolute Gasteiger partial charge is 0.359 e. The molecule has 0 bridgehead atoms. The van der Waals surface area contributed by atoms with Gasteiger partial charge in [0.25, 0.3) is 0 Å². The van der Waals surface area contributed by atoms with Gasteiger partial charge in [0.1, 0.15) is 0 Å².